The fraction of sp³-hybridized carbons (Fsp3) is 0.700. The van der Waals surface area contributed by atoms with Crippen LogP contribution in [0.3, 0.4) is 0 Å². The van der Waals surface area contributed by atoms with Gasteiger partial charge in [-0.3, -0.25) is 0 Å². The Bertz CT molecular complexity index is 427. The lowest BCUT2D eigenvalue weighted by molar-refractivity contribution is 0.312. The summed E-state index contributed by atoms with van der Waals surface area (Å²) in [7, 11) is 0. The van der Waals surface area contributed by atoms with E-state index in [1.165, 1.54) is 45.1 Å². The van der Waals surface area contributed by atoms with Crippen LogP contribution in [0.15, 0.2) is 30.3 Å². The first-order valence-corrected chi connectivity index (χ1v) is 9.11. The van der Waals surface area contributed by atoms with Gasteiger partial charge in [0.1, 0.15) is 0 Å². The number of benzene rings is 1. The van der Waals surface area contributed by atoms with Crippen molar-refractivity contribution in [3.63, 3.8) is 0 Å². The van der Waals surface area contributed by atoms with Crippen molar-refractivity contribution in [2.24, 2.45) is 17.8 Å². The van der Waals surface area contributed by atoms with Gasteiger partial charge >= 0.3 is 0 Å². The summed E-state index contributed by atoms with van der Waals surface area (Å²) in [6.45, 7) is 5.84. The predicted octanol–water partition coefficient (Wildman–Crippen LogP) is 4.98. The van der Waals surface area contributed by atoms with Gasteiger partial charge in [-0.1, -0.05) is 57.0 Å². The molecule has 1 nitrogen and oxygen atoms in total. The molecule has 1 aromatic carbocycles. The molecule has 5 atom stereocenters. The lowest BCUT2D eigenvalue weighted by atomic mass is 9.90. The van der Waals surface area contributed by atoms with Gasteiger partial charge in [0.2, 0.25) is 0 Å². The van der Waals surface area contributed by atoms with Gasteiger partial charge in [0, 0.05) is 6.04 Å². The Morgan fingerprint density at radius 3 is 2.57 bits per heavy atom. The summed E-state index contributed by atoms with van der Waals surface area (Å²) in [4.78, 5) is 0. The average Bonchev–Trinajstić information content (AvgIpc) is 3.17. The van der Waals surface area contributed by atoms with Crippen molar-refractivity contribution in [2.75, 3.05) is 6.54 Å². The maximum Gasteiger partial charge on any atom is 0.0130 e. The Morgan fingerprint density at radius 1 is 1.10 bits per heavy atom. The summed E-state index contributed by atoms with van der Waals surface area (Å²) >= 11 is 0. The van der Waals surface area contributed by atoms with Crippen LogP contribution in [-0.2, 0) is 0 Å². The highest BCUT2D eigenvalue weighted by Gasteiger charge is 2.47. The summed E-state index contributed by atoms with van der Waals surface area (Å²) < 4.78 is 0. The van der Waals surface area contributed by atoms with E-state index in [1.54, 1.807) is 5.56 Å². The molecule has 3 rings (SSSR count). The van der Waals surface area contributed by atoms with E-state index in [-0.39, 0.29) is 0 Å². The maximum absolute atomic E-state index is 3.92. The molecule has 0 aliphatic heterocycles. The minimum atomic E-state index is 0.770. The molecule has 2 aliphatic rings. The van der Waals surface area contributed by atoms with Gasteiger partial charge in [0.25, 0.3) is 0 Å². The van der Waals surface area contributed by atoms with E-state index in [0.717, 1.165) is 29.7 Å². The third kappa shape index (κ3) is 3.51. The van der Waals surface area contributed by atoms with Gasteiger partial charge in [-0.15, -0.1) is 0 Å². The van der Waals surface area contributed by atoms with E-state index in [2.05, 4.69) is 49.5 Å². The van der Waals surface area contributed by atoms with E-state index in [1.807, 2.05) is 0 Å². The molecular weight excluding hydrogens is 254 g/mol. The lowest BCUT2D eigenvalue weighted by Gasteiger charge is -2.26. The largest absolute Gasteiger partial charge is 0.313 e. The molecule has 2 saturated carbocycles. The van der Waals surface area contributed by atoms with E-state index in [0.29, 0.717) is 0 Å². The highest BCUT2D eigenvalue weighted by atomic mass is 14.9. The minimum Gasteiger partial charge on any atom is -0.313 e. The van der Waals surface area contributed by atoms with Crippen molar-refractivity contribution in [3.8, 4) is 0 Å². The zero-order chi connectivity index (χ0) is 14.7. The number of hydrogen-bond donors (Lipinski definition) is 1. The molecule has 2 fully saturated rings. The third-order valence-electron chi connectivity index (χ3n) is 5.83. The molecule has 0 saturated heterocycles. The molecule has 5 unspecified atom stereocenters. The Kier molecular flexibility index (Phi) is 5.00. The molecule has 0 radical (unpaired) electrons. The van der Waals surface area contributed by atoms with E-state index in [9.17, 15) is 0 Å². The van der Waals surface area contributed by atoms with Crippen LogP contribution in [0.25, 0.3) is 0 Å². The Balaban J connectivity index is 1.64. The standard InChI is InChI=1S/C20H31N/c1-3-12-21-20(17-11-10-15(4-2)13-17)19-14-18(19)16-8-6-5-7-9-16/h5-9,15,17-21H,3-4,10-14H2,1-2H3. The molecular formula is C20H31N. The van der Waals surface area contributed by atoms with Crippen molar-refractivity contribution >= 4 is 0 Å². The second-order valence-electron chi connectivity index (χ2n) is 7.24. The quantitative estimate of drug-likeness (QED) is 0.744. The van der Waals surface area contributed by atoms with Gasteiger partial charge in [-0.05, 0) is 61.5 Å². The zero-order valence-electron chi connectivity index (χ0n) is 13.7. The summed E-state index contributed by atoms with van der Waals surface area (Å²) in [5.74, 6) is 3.64. The Labute approximate surface area is 130 Å². The van der Waals surface area contributed by atoms with Crippen LogP contribution in [-0.4, -0.2) is 12.6 Å². The molecule has 2 aliphatic carbocycles. The van der Waals surface area contributed by atoms with Crippen LogP contribution in [0, 0.1) is 17.8 Å². The fourth-order valence-electron chi connectivity index (χ4n) is 4.48. The van der Waals surface area contributed by atoms with Crippen LogP contribution in [0.4, 0.5) is 0 Å². The van der Waals surface area contributed by atoms with Gasteiger partial charge in [-0.2, -0.15) is 0 Å². The van der Waals surface area contributed by atoms with E-state index < -0.39 is 0 Å². The minimum absolute atomic E-state index is 0.770. The summed E-state index contributed by atoms with van der Waals surface area (Å²) in [5, 5.41) is 3.92. The van der Waals surface area contributed by atoms with Crippen LogP contribution in [0.2, 0.25) is 0 Å². The Morgan fingerprint density at radius 2 is 1.90 bits per heavy atom. The van der Waals surface area contributed by atoms with E-state index in [4.69, 9.17) is 0 Å². The van der Waals surface area contributed by atoms with Gasteiger partial charge < -0.3 is 5.32 Å². The molecule has 1 aromatic rings. The summed E-state index contributed by atoms with van der Waals surface area (Å²) in [6, 6.07) is 11.9. The first-order valence-electron chi connectivity index (χ1n) is 9.11. The van der Waals surface area contributed by atoms with Crippen molar-refractivity contribution < 1.29 is 0 Å². The van der Waals surface area contributed by atoms with Crippen LogP contribution >= 0.6 is 0 Å². The lowest BCUT2D eigenvalue weighted by Crippen LogP contribution is -2.38. The van der Waals surface area contributed by atoms with Crippen molar-refractivity contribution in [1.82, 2.24) is 5.32 Å². The van der Waals surface area contributed by atoms with Gasteiger partial charge in [0.15, 0.2) is 0 Å². The Hall–Kier alpha value is -0.820. The topological polar surface area (TPSA) is 12.0 Å². The van der Waals surface area contributed by atoms with Crippen molar-refractivity contribution in [1.29, 1.82) is 0 Å². The molecule has 0 heterocycles. The SMILES string of the molecule is CCCNC(C1CCC(CC)C1)C1CC1c1ccccc1. The second kappa shape index (κ2) is 6.96. The molecule has 0 amide bonds. The molecule has 0 aromatic heterocycles. The molecule has 116 valence electrons. The normalized spacial score (nSPS) is 33.0. The average molecular weight is 285 g/mol. The maximum atomic E-state index is 3.92. The fourth-order valence-corrected chi connectivity index (χ4v) is 4.48. The van der Waals surface area contributed by atoms with Crippen LogP contribution in [0.5, 0.6) is 0 Å². The number of hydrogen-bond acceptors (Lipinski definition) is 1. The molecule has 0 bridgehead atoms. The van der Waals surface area contributed by atoms with Crippen molar-refractivity contribution in [2.45, 2.75) is 64.3 Å². The van der Waals surface area contributed by atoms with Crippen LogP contribution < -0.4 is 5.32 Å². The smallest absolute Gasteiger partial charge is 0.0130 e. The number of nitrogens with one attached hydrogen (secondary N) is 1. The predicted molar refractivity (Wildman–Crippen MR) is 90.5 cm³/mol. The monoisotopic (exact) mass is 285 g/mol. The third-order valence-corrected chi connectivity index (χ3v) is 5.83. The van der Waals surface area contributed by atoms with E-state index >= 15 is 0 Å². The first kappa shape index (κ1) is 15.1. The molecule has 0 spiro atoms. The molecule has 1 heteroatoms. The summed E-state index contributed by atoms with van der Waals surface area (Å²) in [6.07, 6.45) is 8.42. The highest BCUT2D eigenvalue weighted by molar-refractivity contribution is 5.27. The van der Waals surface area contributed by atoms with Crippen LogP contribution in [0.1, 0.15) is 63.9 Å². The van der Waals surface area contributed by atoms with Gasteiger partial charge in [0.05, 0.1) is 0 Å². The van der Waals surface area contributed by atoms with Gasteiger partial charge in [-0.25, -0.2) is 0 Å². The number of rotatable bonds is 7. The van der Waals surface area contributed by atoms with Crippen molar-refractivity contribution in [3.05, 3.63) is 35.9 Å². The molecule has 1 N–H and O–H groups in total. The summed E-state index contributed by atoms with van der Waals surface area (Å²) in [5.41, 5.74) is 1.57. The highest BCUT2D eigenvalue weighted by Crippen LogP contribution is 2.53. The second-order valence-corrected chi connectivity index (χ2v) is 7.24. The zero-order valence-corrected chi connectivity index (χ0v) is 13.7. The first-order chi connectivity index (χ1) is 10.3. The molecule has 21 heavy (non-hydrogen) atoms.